The molecule has 3 heterocycles. The fraction of sp³-hybridized carbons (Fsp3) is 0.333. The molecular formula is C12H12N2O2. The summed E-state index contributed by atoms with van der Waals surface area (Å²) < 4.78 is 3.45. The number of rotatable bonds is 1. The maximum absolute atomic E-state index is 11.8. The Labute approximate surface area is 91.7 Å². The van der Waals surface area contributed by atoms with E-state index >= 15 is 0 Å². The number of nitrogens with zero attached hydrogens (tertiary/aromatic N) is 2. The topological polar surface area (TPSA) is 44.0 Å². The largest absolute Gasteiger partial charge is 0.292 e. The van der Waals surface area contributed by atoms with E-state index in [4.69, 9.17) is 0 Å². The third kappa shape index (κ3) is 1.04. The van der Waals surface area contributed by atoms with Gasteiger partial charge in [-0.15, -0.1) is 0 Å². The van der Waals surface area contributed by atoms with Crippen LogP contribution in [0.25, 0.3) is 11.0 Å². The van der Waals surface area contributed by atoms with E-state index in [1.54, 1.807) is 33.4 Å². The number of hydrogen-bond acceptors (Lipinski definition) is 2. The van der Waals surface area contributed by atoms with Gasteiger partial charge in [0, 0.05) is 24.1 Å². The van der Waals surface area contributed by atoms with E-state index in [1.165, 1.54) is 0 Å². The first-order valence-electron chi connectivity index (χ1n) is 5.47. The summed E-state index contributed by atoms with van der Waals surface area (Å²) in [6.07, 6.45) is 0.861. The molecule has 1 aliphatic rings. The monoisotopic (exact) mass is 216 g/mol. The van der Waals surface area contributed by atoms with Gasteiger partial charge in [-0.05, 0) is 18.6 Å². The minimum Gasteiger partial charge on any atom is -0.292 e. The van der Waals surface area contributed by atoms with E-state index in [2.05, 4.69) is 0 Å². The molecule has 0 fully saturated rings. The van der Waals surface area contributed by atoms with Gasteiger partial charge in [0.2, 0.25) is 0 Å². The van der Waals surface area contributed by atoms with Crippen molar-refractivity contribution in [3.63, 3.8) is 0 Å². The summed E-state index contributed by atoms with van der Waals surface area (Å²) in [6, 6.07) is 6.82. The van der Waals surface area contributed by atoms with Gasteiger partial charge in [0.05, 0.1) is 6.04 Å². The van der Waals surface area contributed by atoms with Crippen LogP contribution in [0.3, 0.4) is 0 Å². The summed E-state index contributed by atoms with van der Waals surface area (Å²) in [5, 5.41) is 0.954. The summed E-state index contributed by atoms with van der Waals surface area (Å²) >= 11 is 0. The van der Waals surface area contributed by atoms with Crippen molar-refractivity contribution >= 4 is 11.0 Å². The molecule has 0 spiro atoms. The van der Waals surface area contributed by atoms with Crippen molar-refractivity contribution in [1.29, 1.82) is 0 Å². The van der Waals surface area contributed by atoms with Crippen LogP contribution < -0.4 is 11.1 Å². The summed E-state index contributed by atoms with van der Waals surface area (Å²) in [6.45, 7) is 2.65. The summed E-state index contributed by atoms with van der Waals surface area (Å²) in [7, 11) is 0. The Kier molecular flexibility index (Phi) is 1.80. The molecule has 4 nitrogen and oxygen atoms in total. The van der Waals surface area contributed by atoms with Gasteiger partial charge in [-0.3, -0.25) is 18.7 Å². The molecule has 2 aromatic heterocycles. The van der Waals surface area contributed by atoms with Gasteiger partial charge in [0.1, 0.15) is 5.65 Å². The Morgan fingerprint density at radius 3 is 2.56 bits per heavy atom. The van der Waals surface area contributed by atoms with Crippen LogP contribution in [-0.4, -0.2) is 9.13 Å². The zero-order chi connectivity index (χ0) is 11.3. The molecular weight excluding hydrogens is 204 g/mol. The van der Waals surface area contributed by atoms with Crippen LogP contribution in [0.4, 0.5) is 0 Å². The van der Waals surface area contributed by atoms with Crippen molar-refractivity contribution in [3.8, 4) is 0 Å². The first kappa shape index (κ1) is 9.39. The van der Waals surface area contributed by atoms with Crippen molar-refractivity contribution in [2.45, 2.75) is 25.9 Å². The predicted molar refractivity (Wildman–Crippen MR) is 61.8 cm³/mol. The van der Waals surface area contributed by atoms with Crippen LogP contribution in [0, 0.1) is 0 Å². The molecule has 0 N–H and O–H groups in total. The zero-order valence-corrected chi connectivity index (χ0v) is 9.01. The normalized spacial score (nSPS) is 18.2. The van der Waals surface area contributed by atoms with Crippen molar-refractivity contribution in [1.82, 2.24) is 9.13 Å². The molecule has 0 aliphatic carbocycles. The maximum atomic E-state index is 11.8. The third-order valence-corrected chi connectivity index (χ3v) is 3.29. The Balaban J connectivity index is 2.54. The van der Waals surface area contributed by atoms with Crippen molar-refractivity contribution < 1.29 is 0 Å². The van der Waals surface area contributed by atoms with Crippen LogP contribution in [0.15, 0.2) is 33.9 Å². The molecule has 1 atom stereocenters. The molecule has 0 saturated carbocycles. The molecule has 0 amide bonds. The fourth-order valence-corrected chi connectivity index (χ4v) is 2.46. The number of hydrogen-bond donors (Lipinski definition) is 0. The lowest BCUT2D eigenvalue weighted by Gasteiger charge is -2.09. The predicted octanol–water partition coefficient (Wildman–Crippen LogP) is 1.13. The summed E-state index contributed by atoms with van der Waals surface area (Å²) in [4.78, 5) is 23.5. The maximum Gasteiger partial charge on any atom is 0.252 e. The van der Waals surface area contributed by atoms with Crippen LogP contribution in [0.5, 0.6) is 0 Å². The molecule has 0 bridgehead atoms. The molecule has 0 aromatic carbocycles. The van der Waals surface area contributed by atoms with E-state index < -0.39 is 0 Å². The SMILES string of the molecule is CCC1Cn2c(=O)ccc3ccc(=O)n1c32. The Hall–Kier alpha value is -1.84. The Morgan fingerprint density at radius 2 is 1.88 bits per heavy atom. The van der Waals surface area contributed by atoms with Gasteiger partial charge in [0.25, 0.3) is 11.1 Å². The van der Waals surface area contributed by atoms with E-state index in [-0.39, 0.29) is 17.2 Å². The van der Waals surface area contributed by atoms with E-state index in [0.717, 1.165) is 17.5 Å². The molecule has 16 heavy (non-hydrogen) atoms. The van der Waals surface area contributed by atoms with Crippen molar-refractivity contribution in [2.24, 2.45) is 0 Å². The molecule has 4 heteroatoms. The quantitative estimate of drug-likeness (QED) is 0.717. The van der Waals surface area contributed by atoms with Crippen LogP contribution in [-0.2, 0) is 6.54 Å². The lowest BCUT2D eigenvalue weighted by Crippen LogP contribution is -2.20. The summed E-state index contributed by atoms with van der Waals surface area (Å²) in [5.74, 6) is 0. The second-order valence-electron chi connectivity index (χ2n) is 4.16. The van der Waals surface area contributed by atoms with E-state index in [1.807, 2.05) is 6.92 Å². The molecule has 2 aromatic rings. The highest BCUT2D eigenvalue weighted by Gasteiger charge is 2.23. The van der Waals surface area contributed by atoms with Gasteiger partial charge in [-0.2, -0.15) is 0 Å². The molecule has 82 valence electrons. The number of pyridine rings is 2. The average molecular weight is 216 g/mol. The van der Waals surface area contributed by atoms with Crippen LogP contribution in [0.1, 0.15) is 19.4 Å². The van der Waals surface area contributed by atoms with Crippen molar-refractivity contribution in [2.75, 3.05) is 0 Å². The molecule has 1 aliphatic heterocycles. The van der Waals surface area contributed by atoms with Gasteiger partial charge < -0.3 is 0 Å². The van der Waals surface area contributed by atoms with E-state index in [9.17, 15) is 9.59 Å². The second-order valence-corrected chi connectivity index (χ2v) is 4.16. The number of aromatic nitrogens is 2. The standard InChI is InChI=1S/C12H12N2O2/c1-2-9-7-13-10(15)5-3-8-4-6-11(16)14(9)12(8)13/h3-6,9H,2,7H2,1H3. The molecule has 3 rings (SSSR count). The minimum atomic E-state index is -0.0252. The van der Waals surface area contributed by atoms with Gasteiger partial charge in [-0.25, -0.2) is 0 Å². The fourth-order valence-electron chi connectivity index (χ4n) is 2.46. The zero-order valence-electron chi connectivity index (χ0n) is 9.01. The molecule has 0 radical (unpaired) electrons. The highest BCUT2D eigenvalue weighted by atomic mass is 16.1. The third-order valence-electron chi connectivity index (χ3n) is 3.29. The van der Waals surface area contributed by atoms with Crippen LogP contribution >= 0.6 is 0 Å². The first-order valence-corrected chi connectivity index (χ1v) is 5.47. The minimum absolute atomic E-state index is 0.0174. The van der Waals surface area contributed by atoms with Gasteiger partial charge >= 0.3 is 0 Å². The van der Waals surface area contributed by atoms with Gasteiger partial charge in [-0.1, -0.05) is 6.92 Å². The second kappa shape index (κ2) is 3.07. The Morgan fingerprint density at radius 1 is 1.19 bits per heavy atom. The lowest BCUT2D eigenvalue weighted by atomic mass is 10.2. The van der Waals surface area contributed by atoms with Crippen molar-refractivity contribution in [3.05, 3.63) is 45.0 Å². The highest BCUT2D eigenvalue weighted by molar-refractivity contribution is 5.76. The smallest absolute Gasteiger partial charge is 0.252 e. The highest BCUT2D eigenvalue weighted by Crippen LogP contribution is 2.24. The molecule has 0 saturated heterocycles. The molecule has 1 unspecified atom stereocenters. The van der Waals surface area contributed by atoms with E-state index in [0.29, 0.717) is 6.54 Å². The van der Waals surface area contributed by atoms with Gasteiger partial charge in [0.15, 0.2) is 0 Å². The Bertz CT molecular complexity index is 676. The lowest BCUT2D eigenvalue weighted by molar-refractivity contribution is 0.471. The first-order chi connectivity index (χ1) is 7.72. The summed E-state index contributed by atoms with van der Waals surface area (Å²) in [5.41, 5.74) is 0.728. The van der Waals surface area contributed by atoms with Crippen LogP contribution in [0.2, 0.25) is 0 Å². The average Bonchev–Trinajstić information content (AvgIpc) is 2.68.